The number of hydrazine groups is 1. The predicted molar refractivity (Wildman–Crippen MR) is 50.5 cm³/mol. The number of hydrogen-bond acceptors (Lipinski definition) is 5. The fourth-order valence-corrected chi connectivity index (χ4v) is 1.19. The standard InChI is InChI=1S/C7H11N5O3/c1-2-5(7(13)9-8)11-4-3-6(10-11)12(14)15/h3-5H,2,8H2,1H3,(H,9,13). The number of nitrogens with two attached hydrogens (primary N) is 1. The Bertz CT molecular complexity index is 374. The Kier molecular flexibility index (Phi) is 3.34. The maximum Gasteiger partial charge on any atom is 0.389 e. The second-order valence-electron chi connectivity index (χ2n) is 2.84. The summed E-state index contributed by atoms with van der Waals surface area (Å²) in [4.78, 5) is 21.0. The molecule has 0 aliphatic carbocycles. The highest BCUT2D eigenvalue weighted by atomic mass is 16.6. The Morgan fingerprint density at radius 3 is 2.93 bits per heavy atom. The van der Waals surface area contributed by atoms with Crippen molar-refractivity contribution >= 4 is 11.7 Å². The zero-order valence-corrected chi connectivity index (χ0v) is 8.08. The Hall–Kier alpha value is -1.96. The molecule has 0 spiro atoms. The molecule has 1 rings (SSSR count). The van der Waals surface area contributed by atoms with E-state index in [0.717, 1.165) is 0 Å². The number of amides is 1. The highest BCUT2D eigenvalue weighted by molar-refractivity contribution is 5.79. The second kappa shape index (κ2) is 4.51. The van der Waals surface area contributed by atoms with Gasteiger partial charge in [-0.3, -0.25) is 10.2 Å². The lowest BCUT2D eigenvalue weighted by Crippen LogP contribution is -2.37. The van der Waals surface area contributed by atoms with Crippen LogP contribution in [0.1, 0.15) is 19.4 Å². The maximum absolute atomic E-state index is 11.3. The summed E-state index contributed by atoms with van der Waals surface area (Å²) in [6, 6.07) is 0.607. The molecule has 0 radical (unpaired) electrons. The Labute approximate surface area is 85.2 Å². The Morgan fingerprint density at radius 2 is 2.53 bits per heavy atom. The number of rotatable bonds is 4. The van der Waals surface area contributed by atoms with Gasteiger partial charge in [-0.15, -0.1) is 0 Å². The van der Waals surface area contributed by atoms with Crippen LogP contribution in [0, 0.1) is 10.1 Å². The van der Waals surface area contributed by atoms with Crippen molar-refractivity contribution < 1.29 is 9.72 Å². The van der Waals surface area contributed by atoms with Crippen LogP contribution in [0.15, 0.2) is 12.3 Å². The quantitative estimate of drug-likeness (QED) is 0.309. The first-order chi connectivity index (χ1) is 7.10. The fourth-order valence-electron chi connectivity index (χ4n) is 1.19. The normalized spacial score (nSPS) is 12.1. The molecule has 1 atom stereocenters. The van der Waals surface area contributed by atoms with E-state index in [2.05, 4.69) is 5.10 Å². The van der Waals surface area contributed by atoms with Gasteiger partial charge in [-0.05, 0) is 11.3 Å². The molecule has 1 heterocycles. The van der Waals surface area contributed by atoms with Crippen molar-refractivity contribution in [2.45, 2.75) is 19.4 Å². The van der Waals surface area contributed by atoms with Gasteiger partial charge in [-0.1, -0.05) is 6.92 Å². The molecular weight excluding hydrogens is 202 g/mol. The lowest BCUT2D eigenvalue weighted by molar-refractivity contribution is -0.389. The van der Waals surface area contributed by atoms with Gasteiger partial charge in [-0.2, -0.15) is 4.68 Å². The molecule has 0 saturated carbocycles. The van der Waals surface area contributed by atoms with Gasteiger partial charge >= 0.3 is 5.82 Å². The first-order valence-corrected chi connectivity index (χ1v) is 4.30. The molecule has 0 bridgehead atoms. The van der Waals surface area contributed by atoms with E-state index < -0.39 is 16.9 Å². The SMILES string of the molecule is CCC(C(=O)NN)n1ccc([N+](=O)[O-])n1. The number of carbonyl (C=O) groups is 1. The van der Waals surface area contributed by atoms with Gasteiger partial charge in [-0.25, -0.2) is 5.84 Å². The van der Waals surface area contributed by atoms with Crippen LogP contribution >= 0.6 is 0 Å². The van der Waals surface area contributed by atoms with Gasteiger partial charge in [0.1, 0.15) is 0 Å². The van der Waals surface area contributed by atoms with Gasteiger partial charge in [0.25, 0.3) is 5.91 Å². The van der Waals surface area contributed by atoms with E-state index in [9.17, 15) is 14.9 Å². The highest BCUT2D eigenvalue weighted by Crippen LogP contribution is 2.13. The lowest BCUT2D eigenvalue weighted by Gasteiger charge is -2.09. The maximum atomic E-state index is 11.3. The van der Waals surface area contributed by atoms with E-state index in [1.54, 1.807) is 6.92 Å². The summed E-state index contributed by atoms with van der Waals surface area (Å²) in [5, 5.41) is 14.0. The first kappa shape index (κ1) is 11.1. The number of aromatic nitrogens is 2. The van der Waals surface area contributed by atoms with Crippen LogP contribution in [-0.4, -0.2) is 20.6 Å². The summed E-state index contributed by atoms with van der Waals surface area (Å²) in [5.41, 5.74) is 1.98. The van der Waals surface area contributed by atoms with Crippen molar-refractivity contribution in [1.82, 2.24) is 15.2 Å². The van der Waals surface area contributed by atoms with Crippen molar-refractivity contribution in [3.05, 3.63) is 22.4 Å². The summed E-state index contributed by atoms with van der Waals surface area (Å²) >= 11 is 0. The average molecular weight is 213 g/mol. The molecule has 0 fully saturated rings. The van der Waals surface area contributed by atoms with Crippen LogP contribution in [0.3, 0.4) is 0 Å². The van der Waals surface area contributed by atoms with Gasteiger partial charge in [0, 0.05) is 0 Å². The summed E-state index contributed by atoms with van der Waals surface area (Å²) < 4.78 is 1.22. The smallest absolute Gasteiger partial charge is 0.358 e. The van der Waals surface area contributed by atoms with E-state index in [0.29, 0.717) is 6.42 Å². The third kappa shape index (κ3) is 2.29. The van der Waals surface area contributed by atoms with Crippen molar-refractivity contribution in [2.24, 2.45) is 5.84 Å². The number of nitro groups is 1. The van der Waals surface area contributed by atoms with Gasteiger partial charge < -0.3 is 10.1 Å². The number of nitrogens with one attached hydrogen (secondary N) is 1. The predicted octanol–water partition coefficient (Wildman–Crippen LogP) is -0.268. The van der Waals surface area contributed by atoms with Crippen LogP contribution in [-0.2, 0) is 4.79 Å². The van der Waals surface area contributed by atoms with Crippen molar-refractivity contribution in [1.29, 1.82) is 0 Å². The topological polar surface area (TPSA) is 116 Å². The molecule has 82 valence electrons. The molecule has 3 N–H and O–H groups in total. The van der Waals surface area contributed by atoms with Crippen LogP contribution in [0.2, 0.25) is 0 Å². The Morgan fingerprint density at radius 1 is 1.87 bits per heavy atom. The summed E-state index contributed by atoms with van der Waals surface area (Å²) in [5.74, 6) is 4.25. The Balaban J connectivity index is 2.92. The molecule has 0 saturated heterocycles. The van der Waals surface area contributed by atoms with Gasteiger partial charge in [0.15, 0.2) is 6.04 Å². The fraction of sp³-hybridized carbons (Fsp3) is 0.429. The molecule has 1 aromatic rings. The summed E-state index contributed by atoms with van der Waals surface area (Å²) in [6.07, 6.45) is 1.82. The molecule has 1 aromatic heterocycles. The van der Waals surface area contributed by atoms with Crippen molar-refractivity contribution in [3.8, 4) is 0 Å². The lowest BCUT2D eigenvalue weighted by atomic mass is 10.2. The summed E-state index contributed by atoms with van der Waals surface area (Å²) in [6.45, 7) is 1.76. The molecule has 8 heteroatoms. The molecule has 8 nitrogen and oxygen atoms in total. The molecule has 0 aliphatic heterocycles. The van der Waals surface area contributed by atoms with Crippen LogP contribution in [0.5, 0.6) is 0 Å². The van der Waals surface area contributed by atoms with E-state index in [-0.39, 0.29) is 5.82 Å². The molecule has 15 heavy (non-hydrogen) atoms. The molecule has 0 aromatic carbocycles. The zero-order valence-electron chi connectivity index (χ0n) is 8.08. The minimum atomic E-state index is -0.622. The van der Waals surface area contributed by atoms with E-state index in [4.69, 9.17) is 5.84 Å². The van der Waals surface area contributed by atoms with Crippen LogP contribution in [0.25, 0.3) is 0 Å². The van der Waals surface area contributed by atoms with Crippen LogP contribution in [0.4, 0.5) is 5.82 Å². The second-order valence-corrected chi connectivity index (χ2v) is 2.84. The molecule has 1 amide bonds. The van der Waals surface area contributed by atoms with Crippen molar-refractivity contribution in [3.63, 3.8) is 0 Å². The monoisotopic (exact) mass is 213 g/mol. The van der Waals surface area contributed by atoms with Gasteiger partial charge in [0.05, 0.1) is 17.4 Å². The summed E-state index contributed by atoms with van der Waals surface area (Å²) in [7, 11) is 0. The van der Waals surface area contributed by atoms with E-state index in [1.807, 2.05) is 5.43 Å². The third-order valence-corrected chi connectivity index (χ3v) is 1.93. The minimum Gasteiger partial charge on any atom is -0.358 e. The minimum absolute atomic E-state index is 0.293. The van der Waals surface area contributed by atoms with E-state index in [1.165, 1.54) is 16.9 Å². The van der Waals surface area contributed by atoms with Crippen LogP contribution < -0.4 is 11.3 Å². The third-order valence-electron chi connectivity index (χ3n) is 1.93. The molecular formula is C7H11N5O3. The average Bonchev–Trinajstić information content (AvgIpc) is 2.68. The molecule has 1 unspecified atom stereocenters. The van der Waals surface area contributed by atoms with Gasteiger partial charge in [0.2, 0.25) is 0 Å². The number of carbonyl (C=O) groups excluding carboxylic acids is 1. The number of nitrogens with zero attached hydrogens (tertiary/aromatic N) is 3. The largest absolute Gasteiger partial charge is 0.389 e. The molecule has 0 aliphatic rings. The highest BCUT2D eigenvalue weighted by Gasteiger charge is 2.23. The van der Waals surface area contributed by atoms with Crippen molar-refractivity contribution in [2.75, 3.05) is 0 Å². The van der Waals surface area contributed by atoms with E-state index >= 15 is 0 Å². The number of hydrogen-bond donors (Lipinski definition) is 2. The first-order valence-electron chi connectivity index (χ1n) is 4.30. The zero-order chi connectivity index (χ0) is 11.4.